The summed E-state index contributed by atoms with van der Waals surface area (Å²) in [6.07, 6.45) is -0.797. The Bertz CT molecular complexity index is 1170. The summed E-state index contributed by atoms with van der Waals surface area (Å²) in [5.41, 5.74) is -1.41. The van der Waals surface area contributed by atoms with E-state index in [9.17, 15) is 33.1 Å². The molecule has 2 unspecified atom stereocenters. The molecule has 1 spiro atoms. The Hall–Kier alpha value is -3.13. The number of benzene rings is 2. The normalized spacial score (nSPS) is 22.9. The zero-order valence-corrected chi connectivity index (χ0v) is 17.5. The van der Waals surface area contributed by atoms with E-state index in [1.54, 1.807) is 0 Å². The quantitative estimate of drug-likeness (QED) is 0.704. The Labute approximate surface area is 186 Å². The third-order valence-corrected chi connectivity index (χ3v) is 6.29. The van der Waals surface area contributed by atoms with Crippen LogP contribution in [0.3, 0.4) is 0 Å². The SMILES string of the molecule is O=C(O)CN1C(=O)C2(CC(=O)CC(Cc3cc(F)ccc3F)CC2=O)c2cc(Cl)ccc21. The van der Waals surface area contributed by atoms with Crippen LogP contribution in [0.2, 0.25) is 5.02 Å². The van der Waals surface area contributed by atoms with Gasteiger partial charge in [0.2, 0.25) is 5.91 Å². The summed E-state index contributed by atoms with van der Waals surface area (Å²) < 4.78 is 27.7. The Morgan fingerprint density at radius 2 is 1.88 bits per heavy atom. The minimum Gasteiger partial charge on any atom is -0.480 e. The second-order valence-electron chi connectivity index (χ2n) is 8.20. The number of anilines is 1. The highest BCUT2D eigenvalue weighted by Crippen LogP contribution is 2.48. The molecular formula is C23H18ClF2NO5. The first-order chi connectivity index (χ1) is 15.1. The molecule has 2 atom stereocenters. The maximum Gasteiger partial charge on any atom is 0.323 e. The van der Waals surface area contributed by atoms with Crippen molar-refractivity contribution >= 4 is 40.7 Å². The van der Waals surface area contributed by atoms with Crippen molar-refractivity contribution in [3.05, 3.63) is 64.2 Å². The fourth-order valence-corrected chi connectivity index (χ4v) is 4.90. The Balaban J connectivity index is 1.74. The lowest BCUT2D eigenvalue weighted by Gasteiger charge is -2.25. The molecule has 4 rings (SSSR count). The van der Waals surface area contributed by atoms with Crippen LogP contribution in [0.4, 0.5) is 14.5 Å². The van der Waals surface area contributed by atoms with E-state index >= 15 is 0 Å². The molecule has 0 aromatic heterocycles. The van der Waals surface area contributed by atoms with E-state index in [0.717, 1.165) is 23.1 Å². The molecule has 166 valence electrons. The van der Waals surface area contributed by atoms with Gasteiger partial charge in [0.25, 0.3) is 0 Å². The van der Waals surface area contributed by atoms with E-state index < -0.39 is 59.4 Å². The molecule has 9 heteroatoms. The summed E-state index contributed by atoms with van der Waals surface area (Å²) in [7, 11) is 0. The first-order valence-electron chi connectivity index (χ1n) is 9.94. The van der Waals surface area contributed by atoms with Crippen LogP contribution >= 0.6 is 11.6 Å². The molecule has 32 heavy (non-hydrogen) atoms. The molecule has 2 aliphatic rings. The monoisotopic (exact) mass is 461 g/mol. The van der Waals surface area contributed by atoms with Crippen LogP contribution in [0.1, 0.15) is 30.4 Å². The maximum atomic E-state index is 14.1. The number of nitrogens with zero attached hydrogens (tertiary/aromatic N) is 1. The summed E-state index contributed by atoms with van der Waals surface area (Å²) in [4.78, 5) is 52.1. The molecule has 1 amide bonds. The van der Waals surface area contributed by atoms with E-state index in [4.69, 9.17) is 11.6 Å². The lowest BCUT2D eigenvalue weighted by atomic mass is 9.73. The van der Waals surface area contributed by atoms with Gasteiger partial charge in [0, 0.05) is 35.5 Å². The van der Waals surface area contributed by atoms with Crippen LogP contribution in [0.15, 0.2) is 36.4 Å². The van der Waals surface area contributed by atoms with Crippen molar-refractivity contribution in [3.63, 3.8) is 0 Å². The van der Waals surface area contributed by atoms with Crippen molar-refractivity contribution < 1.29 is 33.1 Å². The molecule has 1 N–H and O–H groups in total. The van der Waals surface area contributed by atoms with Crippen molar-refractivity contribution in [2.45, 2.75) is 31.1 Å². The predicted octanol–water partition coefficient (Wildman–Crippen LogP) is 3.47. The lowest BCUT2D eigenvalue weighted by Crippen LogP contribution is -2.48. The molecule has 1 aliphatic carbocycles. The highest BCUT2D eigenvalue weighted by atomic mass is 35.5. The van der Waals surface area contributed by atoms with Crippen molar-refractivity contribution in [3.8, 4) is 0 Å². The second kappa shape index (κ2) is 8.09. The number of carbonyl (C=O) groups excluding carboxylic acids is 3. The predicted molar refractivity (Wildman–Crippen MR) is 111 cm³/mol. The van der Waals surface area contributed by atoms with Gasteiger partial charge in [-0.2, -0.15) is 0 Å². The number of hydrogen-bond donors (Lipinski definition) is 1. The zero-order chi connectivity index (χ0) is 23.2. The second-order valence-corrected chi connectivity index (χ2v) is 8.64. The topological polar surface area (TPSA) is 91.8 Å². The van der Waals surface area contributed by atoms with Gasteiger partial charge in [-0.05, 0) is 54.3 Å². The van der Waals surface area contributed by atoms with Crippen LogP contribution in [0.25, 0.3) is 0 Å². The number of rotatable bonds is 4. The summed E-state index contributed by atoms with van der Waals surface area (Å²) in [6.45, 7) is -0.672. The largest absolute Gasteiger partial charge is 0.480 e. The van der Waals surface area contributed by atoms with E-state index in [2.05, 4.69) is 0 Å². The molecule has 1 heterocycles. The standard InChI is InChI=1S/C23H18ClF2NO5/c24-14-1-4-19-17(9-14)23(22(32)27(19)11-21(30)31)10-16(28)6-12(7-20(23)29)5-13-8-15(25)2-3-18(13)26/h1-4,8-9,12H,5-7,10-11H2,(H,30,31). The van der Waals surface area contributed by atoms with Gasteiger partial charge >= 0.3 is 5.97 Å². The van der Waals surface area contributed by atoms with Crippen LogP contribution in [-0.4, -0.2) is 35.1 Å². The molecule has 0 radical (unpaired) electrons. The van der Waals surface area contributed by atoms with Crippen LogP contribution in [0.5, 0.6) is 0 Å². The summed E-state index contributed by atoms with van der Waals surface area (Å²) in [5, 5.41) is 9.48. The van der Waals surface area contributed by atoms with Gasteiger partial charge in [0.05, 0.1) is 0 Å². The van der Waals surface area contributed by atoms with E-state index in [1.807, 2.05) is 0 Å². The number of carbonyl (C=O) groups is 4. The van der Waals surface area contributed by atoms with Crippen LogP contribution in [0, 0.1) is 17.6 Å². The number of ketones is 2. The molecular weight excluding hydrogens is 444 g/mol. The number of amides is 1. The molecule has 2 aromatic carbocycles. The highest BCUT2D eigenvalue weighted by molar-refractivity contribution is 6.32. The fraction of sp³-hybridized carbons (Fsp3) is 0.304. The van der Waals surface area contributed by atoms with Crippen LogP contribution in [-0.2, 0) is 31.0 Å². The average molecular weight is 462 g/mol. The lowest BCUT2D eigenvalue weighted by molar-refractivity contribution is -0.140. The van der Waals surface area contributed by atoms with Gasteiger partial charge in [-0.15, -0.1) is 0 Å². The number of fused-ring (bicyclic) bond motifs is 2. The van der Waals surface area contributed by atoms with Gasteiger partial charge in [0.1, 0.15) is 29.4 Å². The Kier molecular flexibility index (Phi) is 5.58. The highest BCUT2D eigenvalue weighted by Gasteiger charge is 2.58. The Morgan fingerprint density at radius 3 is 2.59 bits per heavy atom. The maximum absolute atomic E-state index is 14.1. The fourth-order valence-electron chi connectivity index (χ4n) is 4.73. The minimum atomic E-state index is -1.87. The summed E-state index contributed by atoms with van der Waals surface area (Å²) >= 11 is 6.10. The number of hydrogen-bond acceptors (Lipinski definition) is 4. The molecule has 1 aliphatic heterocycles. The van der Waals surface area contributed by atoms with Crippen molar-refractivity contribution in [2.75, 3.05) is 11.4 Å². The molecule has 6 nitrogen and oxygen atoms in total. The third kappa shape index (κ3) is 3.68. The number of carboxylic acid groups (broad SMARTS) is 1. The number of halogens is 3. The van der Waals surface area contributed by atoms with Crippen molar-refractivity contribution in [2.24, 2.45) is 5.92 Å². The molecule has 1 fully saturated rings. The van der Waals surface area contributed by atoms with Crippen molar-refractivity contribution in [1.29, 1.82) is 0 Å². The van der Waals surface area contributed by atoms with E-state index in [-0.39, 0.29) is 41.1 Å². The van der Waals surface area contributed by atoms with E-state index in [0.29, 0.717) is 0 Å². The average Bonchev–Trinajstić information content (AvgIpc) is 2.84. The third-order valence-electron chi connectivity index (χ3n) is 6.06. The van der Waals surface area contributed by atoms with Crippen LogP contribution < -0.4 is 4.90 Å². The summed E-state index contributed by atoms with van der Waals surface area (Å²) in [5.74, 6) is -4.93. The van der Waals surface area contributed by atoms with Gasteiger partial charge in [-0.25, -0.2) is 8.78 Å². The molecule has 0 bridgehead atoms. The summed E-state index contributed by atoms with van der Waals surface area (Å²) in [6, 6.07) is 7.32. The smallest absolute Gasteiger partial charge is 0.323 e. The van der Waals surface area contributed by atoms with Crippen molar-refractivity contribution in [1.82, 2.24) is 0 Å². The number of carboxylic acids is 1. The van der Waals surface area contributed by atoms with E-state index in [1.165, 1.54) is 18.2 Å². The minimum absolute atomic E-state index is 0.0419. The van der Waals surface area contributed by atoms with Gasteiger partial charge in [-0.1, -0.05) is 11.6 Å². The van der Waals surface area contributed by atoms with Gasteiger partial charge in [0.15, 0.2) is 5.78 Å². The van der Waals surface area contributed by atoms with Gasteiger partial charge in [-0.3, -0.25) is 24.1 Å². The first-order valence-corrected chi connectivity index (χ1v) is 10.3. The molecule has 2 aromatic rings. The Morgan fingerprint density at radius 1 is 1.12 bits per heavy atom. The first kappa shape index (κ1) is 22.1. The molecule has 0 saturated heterocycles. The zero-order valence-electron chi connectivity index (χ0n) is 16.7. The molecule has 1 saturated carbocycles. The van der Waals surface area contributed by atoms with Gasteiger partial charge < -0.3 is 5.11 Å². The number of Topliss-reactive ketones (excluding diaryl/α,β-unsaturated/α-hetero) is 2. The number of aliphatic carboxylic acids is 1.